The molecule has 0 radical (unpaired) electrons. The van der Waals surface area contributed by atoms with Crippen LogP contribution < -0.4 is 10.1 Å². The predicted octanol–water partition coefficient (Wildman–Crippen LogP) is 4.70. The zero-order valence-electron chi connectivity index (χ0n) is 17.0. The lowest BCUT2D eigenvalue weighted by Gasteiger charge is -2.15. The van der Waals surface area contributed by atoms with Gasteiger partial charge in [-0.15, -0.1) is 0 Å². The Labute approximate surface area is 177 Å². The van der Waals surface area contributed by atoms with Crippen molar-refractivity contribution in [3.63, 3.8) is 0 Å². The zero-order valence-corrected chi connectivity index (χ0v) is 17.0. The molecule has 0 saturated heterocycles. The average molecular weight is 422 g/mol. The minimum absolute atomic E-state index is 0.300. The molecule has 0 atom stereocenters. The van der Waals surface area contributed by atoms with Gasteiger partial charge in [0, 0.05) is 37.5 Å². The number of benzene rings is 2. The number of pyridine rings is 1. The summed E-state index contributed by atoms with van der Waals surface area (Å²) in [6.45, 7) is 0.685. The van der Waals surface area contributed by atoms with Gasteiger partial charge in [-0.1, -0.05) is 6.07 Å². The van der Waals surface area contributed by atoms with Gasteiger partial charge in [-0.05, 0) is 47.5 Å². The van der Waals surface area contributed by atoms with Gasteiger partial charge in [-0.25, -0.2) is 18.7 Å². The predicted molar refractivity (Wildman–Crippen MR) is 115 cm³/mol. The molecule has 0 aliphatic heterocycles. The summed E-state index contributed by atoms with van der Waals surface area (Å²) >= 11 is 0. The van der Waals surface area contributed by atoms with Crippen molar-refractivity contribution in [3.8, 4) is 28.3 Å². The topological polar surface area (TPSA) is 69.2 Å². The number of nitrogens with one attached hydrogen (secondary N) is 1. The molecule has 0 unspecified atom stereocenters. The minimum Gasteiger partial charge on any atom is -0.489 e. The second kappa shape index (κ2) is 9.01. The molecule has 0 saturated carbocycles. The van der Waals surface area contributed by atoms with Crippen LogP contribution in [-0.2, 0) is 4.74 Å². The van der Waals surface area contributed by atoms with Crippen LogP contribution in [0, 0.1) is 11.6 Å². The molecule has 0 aliphatic carbocycles. The third-order valence-electron chi connectivity index (χ3n) is 4.72. The highest BCUT2D eigenvalue weighted by Crippen LogP contribution is 2.36. The van der Waals surface area contributed by atoms with Crippen molar-refractivity contribution in [1.82, 2.24) is 15.0 Å². The highest BCUT2D eigenvalue weighted by molar-refractivity contribution is 5.97. The van der Waals surface area contributed by atoms with E-state index in [1.165, 1.54) is 6.07 Å². The molecule has 0 bridgehead atoms. The summed E-state index contributed by atoms with van der Waals surface area (Å²) in [6.07, 6.45) is 3.36. The Morgan fingerprint density at radius 2 is 1.81 bits per heavy atom. The first kappa shape index (κ1) is 20.6. The third-order valence-corrected chi connectivity index (χ3v) is 4.72. The first-order chi connectivity index (χ1) is 15.1. The SMILES string of the molecule is CNc1nc(-c2cccnc2)nc2c(OCCOC)cc(-c3ccc(F)c(F)c3)cc12. The van der Waals surface area contributed by atoms with Crippen LogP contribution in [0.3, 0.4) is 0 Å². The van der Waals surface area contributed by atoms with Crippen molar-refractivity contribution < 1.29 is 18.3 Å². The lowest BCUT2D eigenvalue weighted by atomic mass is 10.0. The minimum atomic E-state index is -0.920. The molecule has 2 aromatic heterocycles. The number of methoxy groups -OCH3 is 1. The Morgan fingerprint density at radius 1 is 0.935 bits per heavy atom. The van der Waals surface area contributed by atoms with Crippen LogP contribution in [0.4, 0.5) is 14.6 Å². The fourth-order valence-electron chi connectivity index (χ4n) is 3.20. The molecule has 0 amide bonds. The van der Waals surface area contributed by atoms with Crippen LogP contribution in [0.2, 0.25) is 0 Å². The molecule has 4 aromatic rings. The smallest absolute Gasteiger partial charge is 0.163 e. The van der Waals surface area contributed by atoms with Crippen LogP contribution in [-0.4, -0.2) is 42.3 Å². The molecule has 0 aliphatic rings. The lowest BCUT2D eigenvalue weighted by molar-refractivity contribution is 0.147. The molecule has 158 valence electrons. The fourth-order valence-corrected chi connectivity index (χ4v) is 3.20. The number of halogens is 2. The molecule has 31 heavy (non-hydrogen) atoms. The van der Waals surface area contributed by atoms with Crippen molar-refractivity contribution in [1.29, 1.82) is 0 Å². The largest absolute Gasteiger partial charge is 0.489 e. The average Bonchev–Trinajstić information content (AvgIpc) is 2.80. The molecular weight excluding hydrogens is 402 g/mol. The Hall–Kier alpha value is -3.65. The van der Waals surface area contributed by atoms with E-state index < -0.39 is 11.6 Å². The number of hydrogen-bond acceptors (Lipinski definition) is 6. The van der Waals surface area contributed by atoms with Gasteiger partial charge in [-0.2, -0.15) is 0 Å². The number of ether oxygens (including phenoxy) is 2. The monoisotopic (exact) mass is 422 g/mol. The van der Waals surface area contributed by atoms with Gasteiger partial charge < -0.3 is 14.8 Å². The van der Waals surface area contributed by atoms with Gasteiger partial charge in [0.15, 0.2) is 17.5 Å². The van der Waals surface area contributed by atoms with E-state index in [1.54, 1.807) is 32.6 Å². The molecule has 6 nitrogen and oxygen atoms in total. The van der Waals surface area contributed by atoms with E-state index in [0.29, 0.717) is 52.6 Å². The van der Waals surface area contributed by atoms with E-state index in [2.05, 4.69) is 15.3 Å². The zero-order chi connectivity index (χ0) is 21.8. The summed E-state index contributed by atoms with van der Waals surface area (Å²) in [7, 11) is 3.34. The Kier molecular flexibility index (Phi) is 5.99. The highest BCUT2D eigenvalue weighted by atomic mass is 19.2. The van der Waals surface area contributed by atoms with Crippen LogP contribution in [0.1, 0.15) is 0 Å². The standard InChI is InChI=1S/C23H20F2N4O2/c1-26-23-17-10-16(14-5-6-18(24)19(25)11-14)12-20(31-9-8-30-2)21(17)28-22(29-23)15-4-3-7-27-13-15/h3-7,10-13H,8-9H2,1-2H3,(H,26,28,29). The molecule has 8 heteroatoms. The van der Waals surface area contributed by atoms with Crippen LogP contribution in [0.25, 0.3) is 33.4 Å². The van der Waals surface area contributed by atoms with E-state index in [1.807, 2.05) is 18.2 Å². The van der Waals surface area contributed by atoms with E-state index in [4.69, 9.17) is 14.5 Å². The second-order valence-electron chi connectivity index (χ2n) is 6.73. The van der Waals surface area contributed by atoms with E-state index in [0.717, 1.165) is 17.7 Å². The van der Waals surface area contributed by atoms with Crippen molar-refractivity contribution in [2.45, 2.75) is 0 Å². The summed E-state index contributed by atoms with van der Waals surface area (Å²) in [4.78, 5) is 13.5. The van der Waals surface area contributed by atoms with Gasteiger partial charge >= 0.3 is 0 Å². The summed E-state index contributed by atoms with van der Waals surface area (Å²) in [5, 5.41) is 3.77. The lowest BCUT2D eigenvalue weighted by Crippen LogP contribution is -2.06. The first-order valence-electron chi connectivity index (χ1n) is 9.62. The number of aromatic nitrogens is 3. The molecule has 4 rings (SSSR count). The van der Waals surface area contributed by atoms with Crippen LogP contribution >= 0.6 is 0 Å². The molecule has 0 fully saturated rings. The number of rotatable bonds is 7. The quantitative estimate of drug-likeness (QED) is 0.435. The third kappa shape index (κ3) is 4.29. The summed E-state index contributed by atoms with van der Waals surface area (Å²) in [5.74, 6) is -0.275. The van der Waals surface area contributed by atoms with Gasteiger partial charge in [0.1, 0.15) is 23.7 Å². The molecule has 1 N–H and O–H groups in total. The maximum atomic E-state index is 13.8. The van der Waals surface area contributed by atoms with Crippen LogP contribution in [0.15, 0.2) is 54.9 Å². The van der Waals surface area contributed by atoms with E-state index in [-0.39, 0.29) is 0 Å². The Balaban J connectivity index is 1.93. The van der Waals surface area contributed by atoms with E-state index in [9.17, 15) is 8.78 Å². The van der Waals surface area contributed by atoms with Crippen molar-refractivity contribution >= 4 is 16.7 Å². The summed E-state index contributed by atoms with van der Waals surface area (Å²) < 4.78 is 38.3. The number of anilines is 1. The number of nitrogens with zero attached hydrogens (tertiary/aromatic N) is 3. The number of fused-ring (bicyclic) bond motifs is 1. The summed E-state index contributed by atoms with van der Waals surface area (Å²) in [6, 6.07) is 11.0. The molecule has 0 spiro atoms. The molecule has 2 aromatic carbocycles. The maximum Gasteiger partial charge on any atom is 0.163 e. The maximum absolute atomic E-state index is 13.8. The van der Waals surface area contributed by atoms with E-state index >= 15 is 0 Å². The molecular formula is C23H20F2N4O2. The summed E-state index contributed by atoms with van der Waals surface area (Å²) in [5.41, 5.74) is 2.50. The highest BCUT2D eigenvalue weighted by Gasteiger charge is 2.16. The number of hydrogen-bond donors (Lipinski definition) is 1. The molecule has 2 heterocycles. The van der Waals surface area contributed by atoms with Gasteiger partial charge in [0.2, 0.25) is 0 Å². The normalized spacial score (nSPS) is 11.0. The van der Waals surface area contributed by atoms with Crippen molar-refractivity contribution in [3.05, 3.63) is 66.5 Å². The van der Waals surface area contributed by atoms with Crippen molar-refractivity contribution in [2.75, 3.05) is 32.7 Å². The first-order valence-corrected chi connectivity index (χ1v) is 9.62. The van der Waals surface area contributed by atoms with Gasteiger partial charge in [-0.3, -0.25) is 4.98 Å². The van der Waals surface area contributed by atoms with Gasteiger partial charge in [0.05, 0.1) is 6.61 Å². The second-order valence-corrected chi connectivity index (χ2v) is 6.73. The Morgan fingerprint density at radius 3 is 2.52 bits per heavy atom. The van der Waals surface area contributed by atoms with Gasteiger partial charge in [0.25, 0.3) is 0 Å². The van der Waals surface area contributed by atoms with Crippen LogP contribution in [0.5, 0.6) is 5.75 Å². The van der Waals surface area contributed by atoms with Crippen molar-refractivity contribution in [2.24, 2.45) is 0 Å². The Bertz CT molecular complexity index is 1220. The fraction of sp³-hybridized carbons (Fsp3) is 0.174.